The van der Waals surface area contributed by atoms with Gasteiger partial charge in [0.25, 0.3) is 0 Å². The molecule has 0 amide bonds. The van der Waals surface area contributed by atoms with E-state index in [1.54, 1.807) is 22.7 Å². The summed E-state index contributed by atoms with van der Waals surface area (Å²) in [5, 5.41) is 8.21. The topological polar surface area (TPSA) is 76.4 Å². The first-order valence-corrected chi connectivity index (χ1v) is 9.55. The number of nitrogens with one attached hydrogen (secondary N) is 1. The molecule has 0 saturated carbocycles. The highest BCUT2D eigenvalue weighted by Gasteiger charge is 2.27. The smallest absolute Gasteiger partial charge is 0.216 e. The van der Waals surface area contributed by atoms with Crippen molar-refractivity contribution in [2.45, 2.75) is 25.6 Å². The van der Waals surface area contributed by atoms with Gasteiger partial charge in [0, 0.05) is 11.8 Å². The summed E-state index contributed by atoms with van der Waals surface area (Å²) in [4.78, 5) is 0. The monoisotopic (exact) mass is 362 g/mol. The zero-order valence-corrected chi connectivity index (χ0v) is 14.7. The Morgan fingerprint density at radius 3 is 2.56 bits per heavy atom. The van der Waals surface area contributed by atoms with E-state index in [0.717, 1.165) is 0 Å². The Morgan fingerprint density at radius 1 is 1.12 bits per heavy atom. The molecule has 0 fully saturated rings. The minimum absolute atomic E-state index is 0.0667. The molecule has 3 aromatic rings. The number of aromatic nitrogens is 3. The second kappa shape index (κ2) is 6.89. The molecule has 0 aliphatic carbocycles. The minimum Gasteiger partial charge on any atom is -0.285 e. The molecule has 8 heteroatoms. The lowest BCUT2D eigenvalue weighted by molar-refractivity contribution is 0.440. The Balaban J connectivity index is 1.90. The van der Waals surface area contributed by atoms with Gasteiger partial charge in [-0.15, -0.1) is 10.2 Å². The Bertz CT molecular complexity index is 985. The molecule has 1 N–H and O–H groups in total. The van der Waals surface area contributed by atoms with Crippen molar-refractivity contribution in [3.63, 3.8) is 0 Å². The van der Waals surface area contributed by atoms with Gasteiger partial charge in [0.2, 0.25) is 10.0 Å². The summed E-state index contributed by atoms with van der Waals surface area (Å²) in [5.41, 5.74) is 0.764. The lowest BCUT2D eigenvalue weighted by Gasteiger charge is -2.21. The van der Waals surface area contributed by atoms with Gasteiger partial charge in [0.1, 0.15) is 5.82 Å². The van der Waals surface area contributed by atoms with Crippen LogP contribution in [0.15, 0.2) is 48.7 Å². The zero-order valence-electron chi connectivity index (χ0n) is 13.9. The molecule has 0 aliphatic heterocycles. The fourth-order valence-corrected chi connectivity index (χ4v) is 4.11. The molecular weight excluding hydrogens is 343 g/mol. The number of hydrogen-bond donors (Lipinski definition) is 1. The molecule has 0 aliphatic rings. The van der Waals surface area contributed by atoms with Crippen molar-refractivity contribution in [2.24, 2.45) is 5.92 Å². The average Bonchev–Trinajstić information content (AvgIpc) is 2.98. The highest BCUT2D eigenvalue weighted by atomic mass is 32.2. The van der Waals surface area contributed by atoms with E-state index in [0.29, 0.717) is 11.5 Å². The molecule has 0 radical (unpaired) electrons. The molecule has 0 saturated heterocycles. The fraction of sp³-hybridized carbons (Fsp3) is 0.294. The van der Waals surface area contributed by atoms with E-state index in [4.69, 9.17) is 0 Å². The number of rotatable bonds is 6. The Morgan fingerprint density at radius 2 is 1.84 bits per heavy atom. The number of halogens is 1. The van der Waals surface area contributed by atoms with Gasteiger partial charge in [-0.25, -0.2) is 17.5 Å². The Labute approximate surface area is 145 Å². The van der Waals surface area contributed by atoms with Crippen LogP contribution in [-0.2, 0) is 15.8 Å². The molecule has 2 aromatic heterocycles. The third kappa shape index (κ3) is 3.85. The van der Waals surface area contributed by atoms with Crippen LogP contribution >= 0.6 is 0 Å². The van der Waals surface area contributed by atoms with E-state index < -0.39 is 27.6 Å². The number of nitrogens with zero attached hydrogens (tertiary/aromatic N) is 3. The van der Waals surface area contributed by atoms with Crippen LogP contribution in [0.5, 0.6) is 0 Å². The van der Waals surface area contributed by atoms with Crippen molar-refractivity contribution in [1.82, 2.24) is 19.3 Å². The van der Waals surface area contributed by atoms with E-state index >= 15 is 0 Å². The van der Waals surface area contributed by atoms with Crippen LogP contribution < -0.4 is 4.72 Å². The molecule has 6 nitrogen and oxygen atoms in total. The van der Waals surface area contributed by atoms with Crippen molar-refractivity contribution >= 4 is 15.7 Å². The van der Waals surface area contributed by atoms with Crippen LogP contribution in [0.25, 0.3) is 5.65 Å². The molecule has 25 heavy (non-hydrogen) atoms. The third-order valence-electron chi connectivity index (χ3n) is 3.89. The van der Waals surface area contributed by atoms with E-state index in [9.17, 15) is 12.8 Å². The van der Waals surface area contributed by atoms with Gasteiger partial charge < -0.3 is 0 Å². The van der Waals surface area contributed by atoms with Crippen LogP contribution in [0.3, 0.4) is 0 Å². The molecule has 0 spiro atoms. The van der Waals surface area contributed by atoms with Gasteiger partial charge in [-0.3, -0.25) is 4.40 Å². The van der Waals surface area contributed by atoms with Crippen LogP contribution in [0.2, 0.25) is 0 Å². The maximum atomic E-state index is 13.8. The number of fused-ring (bicyclic) bond motifs is 1. The van der Waals surface area contributed by atoms with Crippen LogP contribution in [0, 0.1) is 11.7 Å². The fourth-order valence-electron chi connectivity index (χ4n) is 2.61. The van der Waals surface area contributed by atoms with Gasteiger partial charge in [0.05, 0.1) is 11.8 Å². The van der Waals surface area contributed by atoms with Crippen molar-refractivity contribution < 1.29 is 12.8 Å². The quantitative estimate of drug-likeness (QED) is 0.731. The predicted molar refractivity (Wildman–Crippen MR) is 92.7 cm³/mol. The van der Waals surface area contributed by atoms with E-state index in [2.05, 4.69) is 14.9 Å². The largest absolute Gasteiger partial charge is 0.285 e. The molecule has 1 atom stereocenters. The number of sulfonamides is 1. The maximum Gasteiger partial charge on any atom is 0.216 e. The second-order valence-corrected chi connectivity index (χ2v) is 7.93. The van der Waals surface area contributed by atoms with Crippen molar-refractivity contribution in [3.8, 4) is 0 Å². The summed E-state index contributed by atoms with van der Waals surface area (Å²) < 4.78 is 43.3. The number of benzene rings is 1. The van der Waals surface area contributed by atoms with Gasteiger partial charge >= 0.3 is 0 Å². The van der Waals surface area contributed by atoms with Gasteiger partial charge in [-0.2, -0.15) is 0 Å². The summed E-state index contributed by atoms with van der Waals surface area (Å²) in [6, 6.07) is 10.7. The zero-order chi connectivity index (χ0) is 18.0. The van der Waals surface area contributed by atoms with Crippen molar-refractivity contribution in [3.05, 3.63) is 65.9 Å². The van der Waals surface area contributed by atoms with Crippen LogP contribution in [0.4, 0.5) is 4.39 Å². The van der Waals surface area contributed by atoms with E-state index in [1.807, 2.05) is 26.0 Å². The van der Waals surface area contributed by atoms with Crippen molar-refractivity contribution in [2.75, 3.05) is 0 Å². The van der Waals surface area contributed by atoms with Gasteiger partial charge in [0.15, 0.2) is 11.5 Å². The van der Waals surface area contributed by atoms with Crippen LogP contribution in [-0.4, -0.2) is 23.0 Å². The predicted octanol–water partition coefficient (Wildman–Crippen LogP) is 2.69. The summed E-state index contributed by atoms with van der Waals surface area (Å²) in [6.07, 6.45) is 1.78. The maximum absolute atomic E-state index is 13.8. The minimum atomic E-state index is -3.77. The average molecular weight is 362 g/mol. The van der Waals surface area contributed by atoms with E-state index in [1.165, 1.54) is 18.2 Å². The van der Waals surface area contributed by atoms with Gasteiger partial charge in [-0.05, 0) is 24.1 Å². The SMILES string of the molecule is CC(C)[C@@H](NS(=O)(=O)Cc1ccccc1F)c1nnc2ccccn12. The summed E-state index contributed by atoms with van der Waals surface area (Å²) in [7, 11) is -3.77. The first-order chi connectivity index (χ1) is 11.9. The van der Waals surface area contributed by atoms with Gasteiger partial charge in [-0.1, -0.05) is 38.1 Å². The molecule has 132 valence electrons. The second-order valence-electron chi connectivity index (χ2n) is 6.18. The Kier molecular flexibility index (Phi) is 4.82. The van der Waals surface area contributed by atoms with E-state index in [-0.39, 0.29) is 11.5 Å². The molecule has 3 rings (SSSR count). The number of pyridine rings is 1. The van der Waals surface area contributed by atoms with Crippen molar-refractivity contribution in [1.29, 1.82) is 0 Å². The Hall–Kier alpha value is -2.32. The van der Waals surface area contributed by atoms with Crippen LogP contribution in [0.1, 0.15) is 31.3 Å². The summed E-state index contributed by atoms with van der Waals surface area (Å²) in [5.74, 6) is -0.535. The normalized spacial score (nSPS) is 13.4. The first kappa shape index (κ1) is 17.5. The molecule has 0 unspecified atom stereocenters. The standard InChI is InChI=1S/C17H19FN4O2S/c1-12(2)16(17-20-19-15-9-5-6-10-22(15)17)21-25(23,24)11-13-7-3-4-8-14(13)18/h3-10,12,16,21H,11H2,1-2H3/t16-/m1/s1. The molecular formula is C17H19FN4O2S. The molecule has 1 aromatic carbocycles. The first-order valence-electron chi connectivity index (χ1n) is 7.90. The lowest BCUT2D eigenvalue weighted by Crippen LogP contribution is -2.34. The molecule has 0 bridgehead atoms. The highest BCUT2D eigenvalue weighted by molar-refractivity contribution is 7.88. The lowest BCUT2D eigenvalue weighted by atomic mass is 10.1. The highest BCUT2D eigenvalue weighted by Crippen LogP contribution is 2.23. The third-order valence-corrected chi connectivity index (χ3v) is 5.20. The number of hydrogen-bond acceptors (Lipinski definition) is 4. The molecule has 2 heterocycles. The summed E-state index contributed by atoms with van der Waals surface area (Å²) in [6.45, 7) is 3.78. The summed E-state index contributed by atoms with van der Waals surface area (Å²) >= 11 is 0.